The lowest BCUT2D eigenvalue weighted by Gasteiger charge is -2.53. The van der Waals surface area contributed by atoms with Gasteiger partial charge in [-0.15, -0.1) is 0 Å². The topological polar surface area (TPSA) is 98.8 Å². The molecule has 8 nitrogen and oxygen atoms in total. The van der Waals surface area contributed by atoms with Crippen LogP contribution in [0.25, 0.3) is 10.9 Å². The molecule has 3 saturated carbocycles. The van der Waals surface area contributed by atoms with Crippen molar-refractivity contribution in [3.63, 3.8) is 0 Å². The molecule has 6 rings (SSSR count). The van der Waals surface area contributed by atoms with E-state index in [0.717, 1.165) is 36.1 Å². The Morgan fingerprint density at radius 1 is 0.951 bits per heavy atom. The minimum atomic E-state index is -0.539. The lowest BCUT2D eigenvalue weighted by molar-refractivity contribution is -0.155. The van der Waals surface area contributed by atoms with Crippen LogP contribution >= 0.6 is 0 Å². The predicted octanol–water partition coefficient (Wildman–Crippen LogP) is 6.63. The third-order valence-electron chi connectivity index (χ3n) is 9.83. The fourth-order valence-electron chi connectivity index (χ4n) is 7.47. The number of ether oxygens (including phenoxy) is 3. The molecule has 216 valence electrons. The molecule has 0 unspecified atom stereocenters. The molecule has 1 heterocycles. The molecule has 0 radical (unpaired) electrons. The first kappa shape index (κ1) is 27.4. The summed E-state index contributed by atoms with van der Waals surface area (Å²) in [6.07, 6.45) is 9.28. The van der Waals surface area contributed by atoms with Crippen molar-refractivity contribution in [3.05, 3.63) is 48.7 Å². The van der Waals surface area contributed by atoms with E-state index in [1.165, 1.54) is 12.8 Å². The summed E-state index contributed by atoms with van der Waals surface area (Å²) in [5, 5.41) is 7.31. The van der Waals surface area contributed by atoms with Gasteiger partial charge in [0.05, 0.1) is 25.2 Å². The van der Waals surface area contributed by atoms with E-state index >= 15 is 0 Å². The quantitative estimate of drug-likeness (QED) is 0.307. The molecule has 1 aromatic heterocycles. The highest BCUT2D eigenvalue weighted by molar-refractivity contribution is 5.98. The van der Waals surface area contributed by atoms with Crippen LogP contribution in [0.3, 0.4) is 0 Å². The van der Waals surface area contributed by atoms with Crippen LogP contribution in [0, 0.1) is 16.7 Å². The number of fused-ring (bicyclic) bond motifs is 3. The summed E-state index contributed by atoms with van der Waals surface area (Å²) in [5.41, 5.74) is 0.387. The maximum Gasteiger partial charge on any atom is 0.230 e. The fourth-order valence-corrected chi connectivity index (χ4v) is 7.47. The van der Waals surface area contributed by atoms with Gasteiger partial charge in [0.1, 0.15) is 11.5 Å². The molecule has 2 amide bonds. The van der Waals surface area contributed by atoms with E-state index < -0.39 is 10.8 Å². The highest BCUT2D eigenvalue weighted by atomic mass is 16.5. The zero-order chi connectivity index (χ0) is 28.8. The van der Waals surface area contributed by atoms with Gasteiger partial charge in [-0.2, -0.15) is 0 Å². The molecule has 2 aromatic carbocycles. The molecular weight excluding hydrogens is 518 g/mol. The van der Waals surface area contributed by atoms with Crippen molar-refractivity contribution in [2.75, 3.05) is 19.5 Å². The molecule has 8 heteroatoms. The second kappa shape index (κ2) is 10.2. The Kier molecular flexibility index (Phi) is 6.83. The van der Waals surface area contributed by atoms with E-state index in [1.54, 1.807) is 26.5 Å². The number of nitrogens with one attached hydrogen (secondary N) is 2. The summed E-state index contributed by atoms with van der Waals surface area (Å²) in [4.78, 5) is 31.2. The number of hydrogen-bond acceptors (Lipinski definition) is 6. The van der Waals surface area contributed by atoms with Crippen LogP contribution in [0.1, 0.15) is 65.2 Å². The number of hydrogen-bond donors (Lipinski definition) is 2. The Hall–Kier alpha value is -3.81. The summed E-state index contributed by atoms with van der Waals surface area (Å²) >= 11 is 0. The third-order valence-corrected chi connectivity index (χ3v) is 9.83. The molecule has 0 saturated heterocycles. The smallest absolute Gasteiger partial charge is 0.230 e. The highest BCUT2D eigenvalue weighted by Crippen LogP contribution is 2.58. The van der Waals surface area contributed by atoms with Crippen molar-refractivity contribution in [3.8, 4) is 23.0 Å². The molecule has 3 fully saturated rings. The van der Waals surface area contributed by atoms with Crippen molar-refractivity contribution < 1.29 is 23.8 Å². The number of rotatable bonds is 9. The van der Waals surface area contributed by atoms with Crippen LogP contribution < -0.4 is 24.8 Å². The van der Waals surface area contributed by atoms with E-state index in [0.29, 0.717) is 47.9 Å². The van der Waals surface area contributed by atoms with Gasteiger partial charge in [0.15, 0.2) is 11.5 Å². The lowest BCUT2D eigenvalue weighted by Crippen LogP contribution is -2.60. The molecule has 2 N–H and O–H groups in total. The van der Waals surface area contributed by atoms with Gasteiger partial charge in [0.25, 0.3) is 0 Å². The van der Waals surface area contributed by atoms with E-state index in [4.69, 9.17) is 14.2 Å². The summed E-state index contributed by atoms with van der Waals surface area (Å²) in [6, 6.07) is 12.8. The predicted molar refractivity (Wildman–Crippen MR) is 158 cm³/mol. The molecular formula is C33H39N3O5. The molecule has 3 aliphatic rings. The number of benzene rings is 2. The first-order valence-corrected chi connectivity index (χ1v) is 14.6. The van der Waals surface area contributed by atoms with Crippen LogP contribution in [0.15, 0.2) is 48.7 Å². The Morgan fingerprint density at radius 3 is 2.24 bits per heavy atom. The number of anilines is 1. The maximum absolute atomic E-state index is 13.5. The van der Waals surface area contributed by atoms with Gasteiger partial charge in [-0.25, -0.2) is 0 Å². The number of carbonyl (C=O) groups is 2. The van der Waals surface area contributed by atoms with E-state index in [2.05, 4.69) is 15.6 Å². The summed E-state index contributed by atoms with van der Waals surface area (Å²) in [7, 11) is 3.18. The first-order valence-electron chi connectivity index (χ1n) is 14.6. The van der Waals surface area contributed by atoms with E-state index in [9.17, 15) is 9.59 Å². The van der Waals surface area contributed by atoms with Gasteiger partial charge < -0.3 is 24.8 Å². The molecule has 2 bridgehead atoms. The van der Waals surface area contributed by atoms with Gasteiger partial charge in [-0.1, -0.05) is 13.8 Å². The number of pyridine rings is 1. The monoisotopic (exact) mass is 557 g/mol. The Labute approximate surface area is 241 Å². The van der Waals surface area contributed by atoms with Gasteiger partial charge in [0, 0.05) is 34.3 Å². The van der Waals surface area contributed by atoms with E-state index in [1.807, 2.05) is 50.2 Å². The number of aromatic nitrogens is 1. The summed E-state index contributed by atoms with van der Waals surface area (Å²) in [6.45, 7) is 4.05. The number of nitrogens with zero attached hydrogens (tertiary/aromatic N) is 1. The standard InChI is InChI=1S/C33H39N3O5/c1-5-32(19-31(2,20-32)29(37)36-33-13-10-21(18-33)11-14-33)30(38)35-22-6-8-23(9-7-22)41-26-12-15-34-25-17-28(40-4)27(39-3)16-24(25)26/h6-9,12,15-17,21H,5,10-11,13-14,18-20H2,1-4H3,(H,35,38)(H,36,37). The zero-order valence-corrected chi connectivity index (χ0v) is 24.3. The van der Waals surface area contributed by atoms with Crippen LogP contribution in [0.4, 0.5) is 5.69 Å². The molecule has 3 aromatic rings. The van der Waals surface area contributed by atoms with Gasteiger partial charge in [0.2, 0.25) is 11.8 Å². The van der Waals surface area contributed by atoms with E-state index in [-0.39, 0.29) is 17.4 Å². The normalized spacial score (nSPS) is 28.1. The Morgan fingerprint density at radius 2 is 1.63 bits per heavy atom. The van der Waals surface area contributed by atoms with Gasteiger partial charge in [-0.3, -0.25) is 14.6 Å². The van der Waals surface area contributed by atoms with Crippen LogP contribution in [0.5, 0.6) is 23.0 Å². The number of methoxy groups -OCH3 is 2. The minimum Gasteiger partial charge on any atom is -0.493 e. The number of carbonyl (C=O) groups excluding carboxylic acids is 2. The molecule has 0 aliphatic heterocycles. The molecule has 41 heavy (non-hydrogen) atoms. The van der Waals surface area contributed by atoms with Gasteiger partial charge in [-0.05, 0) is 93.7 Å². The highest BCUT2D eigenvalue weighted by Gasteiger charge is 2.60. The van der Waals surface area contributed by atoms with Crippen LogP contribution in [0.2, 0.25) is 0 Å². The molecule has 3 aliphatic carbocycles. The lowest BCUT2D eigenvalue weighted by atomic mass is 9.51. The van der Waals surface area contributed by atoms with Crippen molar-refractivity contribution in [1.29, 1.82) is 0 Å². The van der Waals surface area contributed by atoms with Crippen molar-refractivity contribution in [1.82, 2.24) is 10.3 Å². The van der Waals surface area contributed by atoms with Crippen LogP contribution in [-0.2, 0) is 9.59 Å². The Bertz CT molecular complexity index is 1470. The van der Waals surface area contributed by atoms with Crippen LogP contribution in [-0.4, -0.2) is 36.6 Å². The summed E-state index contributed by atoms with van der Waals surface area (Å²) in [5.74, 6) is 3.33. The third kappa shape index (κ3) is 4.87. The van der Waals surface area contributed by atoms with Crippen molar-refractivity contribution in [2.24, 2.45) is 16.7 Å². The van der Waals surface area contributed by atoms with Crippen molar-refractivity contribution >= 4 is 28.4 Å². The maximum atomic E-state index is 13.5. The number of amides is 2. The van der Waals surface area contributed by atoms with Gasteiger partial charge >= 0.3 is 0 Å². The minimum absolute atomic E-state index is 0.00276. The van der Waals surface area contributed by atoms with Crippen molar-refractivity contribution in [2.45, 2.75) is 70.8 Å². The molecule has 0 atom stereocenters. The SMILES string of the molecule is CCC1(C(=O)Nc2ccc(Oc3ccnc4cc(OC)c(OC)cc34)cc2)CC(C)(C(=O)NC23CCC(CC2)C3)C1. The Balaban J connectivity index is 1.10. The summed E-state index contributed by atoms with van der Waals surface area (Å²) < 4.78 is 17.0. The second-order valence-electron chi connectivity index (χ2n) is 12.5. The largest absolute Gasteiger partial charge is 0.493 e. The molecule has 0 spiro atoms. The first-order chi connectivity index (χ1) is 19.7. The second-order valence-corrected chi connectivity index (χ2v) is 12.5. The zero-order valence-electron chi connectivity index (χ0n) is 24.3. The fraction of sp³-hybridized carbons (Fsp3) is 0.485. The average Bonchev–Trinajstić information content (AvgIpc) is 3.56. The average molecular weight is 558 g/mol.